The number of fused-ring (bicyclic) bond motifs is 2. The second-order valence-electron chi connectivity index (χ2n) is 3.80. The minimum atomic E-state index is -0.452. The van der Waals surface area contributed by atoms with Crippen molar-refractivity contribution < 1.29 is 9.53 Å². The third-order valence-electron chi connectivity index (χ3n) is 2.71. The van der Waals surface area contributed by atoms with E-state index in [9.17, 15) is 4.79 Å². The van der Waals surface area contributed by atoms with E-state index in [0.717, 1.165) is 4.47 Å². The molecule has 0 aliphatic carbocycles. The summed E-state index contributed by atoms with van der Waals surface area (Å²) < 4.78 is 7.96. The zero-order chi connectivity index (χ0) is 11.1. The van der Waals surface area contributed by atoms with E-state index in [2.05, 4.69) is 12.1 Å². The van der Waals surface area contributed by atoms with Gasteiger partial charge in [-0.25, -0.2) is 0 Å². The quantitative estimate of drug-likeness (QED) is 0.767. The minimum absolute atomic E-state index is 0.0507. The summed E-state index contributed by atoms with van der Waals surface area (Å²) in [5.41, 5.74) is 0. The Labute approximate surface area is 105 Å². The molecule has 3 rings (SSSR count). The van der Waals surface area contributed by atoms with Gasteiger partial charge in [-0.15, -0.1) is 0 Å². The zero-order valence-corrected chi connectivity index (χ0v) is 10.8. The molecule has 1 saturated heterocycles. The molecule has 4 heteroatoms. The topological polar surface area (TPSA) is 26.3 Å². The molecular formula is C12H9ClO2Se. The number of ketones is 1. The van der Waals surface area contributed by atoms with Gasteiger partial charge in [0.25, 0.3) is 0 Å². The molecule has 0 amide bonds. The van der Waals surface area contributed by atoms with E-state index in [1.807, 2.05) is 18.2 Å². The van der Waals surface area contributed by atoms with Crippen molar-refractivity contribution in [1.82, 2.24) is 0 Å². The maximum atomic E-state index is 11.4. The van der Waals surface area contributed by atoms with Crippen LogP contribution < -0.4 is 4.46 Å². The molecule has 0 aromatic heterocycles. The summed E-state index contributed by atoms with van der Waals surface area (Å²) in [6, 6.07) is 10.2. The molecule has 0 radical (unpaired) electrons. The maximum absolute atomic E-state index is 11.4. The average molecular weight is 300 g/mol. The predicted octanol–water partition coefficient (Wildman–Crippen LogP) is 1.21. The number of halogens is 1. The summed E-state index contributed by atoms with van der Waals surface area (Å²) in [4.78, 5) is 11.4. The molecular weight excluding hydrogens is 291 g/mol. The van der Waals surface area contributed by atoms with Crippen molar-refractivity contribution in [2.75, 3.05) is 0 Å². The molecule has 82 valence electrons. The Balaban J connectivity index is 1.87. The SMILES string of the molecule is O=C1C[C@H]2O[C@@H]1C(Cl)=C2[Se]c1ccccc1. The Bertz CT molecular complexity index is 469. The number of carbonyl (C=O) groups excluding carboxylic acids is 1. The molecule has 1 aromatic carbocycles. The van der Waals surface area contributed by atoms with Gasteiger partial charge < -0.3 is 0 Å². The first-order chi connectivity index (χ1) is 7.75. The van der Waals surface area contributed by atoms with Crippen LogP contribution in [0.25, 0.3) is 0 Å². The van der Waals surface area contributed by atoms with Gasteiger partial charge in [-0.05, 0) is 0 Å². The molecule has 0 spiro atoms. The van der Waals surface area contributed by atoms with Crippen LogP contribution in [0.2, 0.25) is 0 Å². The standard InChI is InChI=1S/C12H9ClO2Se/c13-10-11-8(14)6-9(15-11)12(10)16-7-4-2-1-3-5-7/h1-5,9,11H,6H2/t9-,11+/m1/s1. The number of ether oxygens (including phenoxy) is 1. The van der Waals surface area contributed by atoms with Gasteiger partial charge in [-0.3, -0.25) is 0 Å². The van der Waals surface area contributed by atoms with E-state index < -0.39 is 6.10 Å². The molecule has 2 heterocycles. The Morgan fingerprint density at radius 2 is 2.06 bits per heavy atom. The zero-order valence-electron chi connectivity index (χ0n) is 8.35. The number of rotatable bonds is 2. The van der Waals surface area contributed by atoms with Crippen LogP contribution in [0.5, 0.6) is 0 Å². The molecule has 1 fully saturated rings. The van der Waals surface area contributed by atoms with Crippen molar-refractivity contribution in [1.29, 1.82) is 0 Å². The molecule has 16 heavy (non-hydrogen) atoms. The predicted molar refractivity (Wildman–Crippen MR) is 63.0 cm³/mol. The summed E-state index contributed by atoms with van der Waals surface area (Å²) in [6.45, 7) is 0. The second kappa shape index (κ2) is 4.01. The molecule has 2 bridgehead atoms. The van der Waals surface area contributed by atoms with Gasteiger partial charge in [0.05, 0.1) is 0 Å². The molecule has 0 unspecified atom stereocenters. The van der Waals surface area contributed by atoms with Gasteiger partial charge in [0, 0.05) is 0 Å². The third-order valence-corrected chi connectivity index (χ3v) is 5.90. The van der Waals surface area contributed by atoms with Crippen LogP contribution in [-0.4, -0.2) is 32.9 Å². The fraction of sp³-hybridized carbons (Fsp3) is 0.250. The second-order valence-corrected chi connectivity index (χ2v) is 6.55. The molecule has 2 nitrogen and oxygen atoms in total. The van der Waals surface area contributed by atoms with E-state index in [-0.39, 0.29) is 26.8 Å². The van der Waals surface area contributed by atoms with Crippen LogP contribution >= 0.6 is 11.6 Å². The Morgan fingerprint density at radius 3 is 2.69 bits per heavy atom. The molecule has 1 aromatic rings. The van der Waals surface area contributed by atoms with Crippen molar-refractivity contribution in [3.63, 3.8) is 0 Å². The van der Waals surface area contributed by atoms with E-state index >= 15 is 0 Å². The monoisotopic (exact) mass is 300 g/mol. The molecule has 2 aliphatic heterocycles. The van der Waals surface area contributed by atoms with Crippen LogP contribution in [0.4, 0.5) is 0 Å². The van der Waals surface area contributed by atoms with Crippen LogP contribution in [0.15, 0.2) is 39.8 Å². The van der Waals surface area contributed by atoms with E-state index in [0.29, 0.717) is 11.5 Å². The number of carbonyl (C=O) groups is 1. The summed E-state index contributed by atoms with van der Waals surface area (Å²) in [7, 11) is 0. The van der Waals surface area contributed by atoms with Crippen molar-refractivity contribution in [3.05, 3.63) is 39.8 Å². The number of hydrogen-bond donors (Lipinski definition) is 0. The molecule has 0 N–H and O–H groups in total. The van der Waals surface area contributed by atoms with Gasteiger partial charge in [0.15, 0.2) is 0 Å². The number of Topliss-reactive ketones (excluding diaryl/α,β-unsaturated/α-hetero) is 1. The molecule has 0 saturated carbocycles. The van der Waals surface area contributed by atoms with Crippen LogP contribution in [0.3, 0.4) is 0 Å². The fourth-order valence-corrected chi connectivity index (χ4v) is 4.59. The van der Waals surface area contributed by atoms with Gasteiger partial charge in [-0.2, -0.15) is 0 Å². The van der Waals surface area contributed by atoms with E-state index in [1.165, 1.54) is 4.46 Å². The Kier molecular flexibility index (Phi) is 2.64. The number of benzene rings is 1. The summed E-state index contributed by atoms with van der Waals surface area (Å²) in [6.07, 6.45) is 0.00241. The average Bonchev–Trinajstić information content (AvgIpc) is 2.80. The first kappa shape index (κ1) is 10.5. The van der Waals surface area contributed by atoms with E-state index in [1.54, 1.807) is 0 Å². The van der Waals surface area contributed by atoms with E-state index in [4.69, 9.17) is 16.3 Å². The van der Waals surface area contributed by atoms with Crippen LogP contribution in [0.1, 0.15) is 6.42 Å². The van der Waals surface area contributed by atoms with Crippen molar-refractivity contribution in [3.8, 4) is 0 Å². The Morgan fingerprint density at radius 1 is 1.31 bits per heavy atom. The van der Waals surface area contributed by atoms with Crippen molar-refractivity contribution >= 4 is 36.8 Å². The third kappa shape index (κ3) is 1.64. The van der Waals surface area contributed by atoms with Gasteiger partial charge in [0.2, 0.25) is 0 Å². The normalized spacial score (nSPS) is 27.9. The summed E-state index contributed by atoms with van der Waals surface area (Å²) in [5.74, 6) is 0.127. The van der Waals surface area contributed by atoms with Crippen LogP contribution in [0, 0.1) is 0 Å². The van der Waals surface area contributed by atoms with Crippen molar-refractivity contribution in [2.45, 2.75) is 18.6 Å². The summed E-state index contributed by atoms with van der Waals surface area (Å²) >= 11 is 6.35. The first-order valence-corrected chi connectivity index (χ1v) is 7.15. The van der Waals surface area contributed by atoms with Gasteiger partial charge >= 0.3 is 105 Å². The first-order valence-electron chi connectivity index (χ1n) is 5.06. The molecule has 2 atom stereocenters. The Hall–Kier alpha value is -0.601. The summed E-state index contributed by atoms with van der Waals surface area (Å²) in [5, 5.41) is 0.644. The van der Waals surface area contributed by atoms with Gasteiger partial charge in [0.1, 0.15) is 0 Å². The fourth-order valence-electron chi connectivity index (χ4n) is 1.95. The molecule has 2 aliphatic rings. The van der Waals surface area contributed by atoms with Gasteiger partial charge in [-0.1, -0.05) is 0 Å². The van der Waals surface area contributed by atoms with Crippen molar-refractivity contribution in [2.24, 2.45) is 0 Å². The number of hydrogen-bond acceptors (Lipinski definition) is 2. The van der Waals surface area contributed by atoms with Crippen LogP contribution in [-0.2, 0) is 9.53 Å².